The molecule has 11 nitrogen and oxygen atoms in total. The van der Waals surface area contributed by atoms with Gasteiger partial charge in [-0.25, -0.2) is 9.59 Å². The maximum atomic E-state index is 12.3. The van der Waals surface area contributed by atoms with Gasteiger partial charge in [0.15, 0.2) is 11.5 Å². The van der Waals surface area contributed by atoms with Crippen LogP contribution in [0, 0.1) is 0 Å². The molecule has 11 heteroatoms. The molecule has 1 aromatic rings. The summed E-state index contributed by atoms with van der Waals surface area (Å²) < 4.78 is 30.6. The van der Waals surface area contributed by atoms with Crippen LogP contribution in [0.5, 0.6) is 11.5 Å². The Bertz CT molecular complexity index is 873. The Morgan fingerprint density at radius 1 is 0.838 bits per heavy atom. The minimum absolute atomic E-state index is 0.0305. The summed E-state index contributed by atoms with van der Waals surface area (Å²) in [7, 11) is 0. The number of hydrogen-bond donors (Lipinski definition) is 1. The first kappa shape index (κ1) is 31.7. The topological polar surface area (TPSA) is 150 Å². The maximum Gasteiger partial charge on any atom is 0.513 e. The number of benzene rings is 1. The van der Waals surface area contributed by atoms with E-state index in [0.29, 0.717) is 18.4 Å². The number of ether oxygens (including phenoxy) is 6. The highest BCUT2D eigenvalue weighted by Crippen LogP contribution is 2.30. The molecule has 0 heterocycles. The lowest BCUT2D eigenvalue weighted by atomic mass is 10.1. The zero-order valence-corrected chi connectivity index (χ0v) is 22.1. The molecule has 0 aliphatic carbocycles. The van der Waals surface area contributed by atoms with Crippen LogP contribution in [0.15, 0.2) is 18.2 Å². The maximum absolute atomic E-state index is 12.3. The summed E-state index contributed by atoms with van der Waals surface area (Å²) in [6.07, 6.45) is 2.58. The number of carbonyl (C=O) groups excluding carboxylic acids is 4. The van der Waals surface area contributed by atoms with Crippen molar-refractivity contribution in [2.75, 3.05) is 19.8 Å². The Morgan fingerprint density at radius 2 is 1.41 bits per heavy atom. The molecule has 208 valence electrons. The zero-order valence-electron chi connectivity index (χ0n) is 22.1. The molecule has 2 atom stereocenters. The number of hydrogen-bond acceptors (Lipinski definition) is 11. The zero-order chi connectivity index (χ0) is 27.6. The van der Waals surface area contributed by atoms with Crippen molar-refractivity contribution < 1.29 is 47.6 Å². The Balaban J connectivity index is 2.87. The van der Waals surface area contributed by atoms with E-state index >= 15 is 0 Å². The molecule has 0 saturated carbocycles. The van der Waals surface area contributed by atoms with Gasteiger partial charge in [0, 0.05) is 6.92 Å². The average molecular weight is 526 g/mol. The molecule has 0 saturated heterocycles. The molecule has 0 aromatic heterocycles. The highest BCUT2D eigenvalue weighted by Gasteiger charge is 2.22. The second-order valence-electron chi connectivity index (χ2n) is 8.46. The first-order valence-corrected chi connectivity index (χ1v) is 12.6. The predicted molar refractivity (Wildman–Crippen MR) is 133 cm³/mol. The number of nitrogens with two attached hydrogens (primary N) is 1. The van der Waals surface area contributed by atoms with E-state index in [2.05, 4.69) is 0 Å². The van der Waals surface area contributed by atoms with Crippen LogP contribution in [0.4, 0.5) is 9.59 Å². The second-order valence-corrected chi connectivity index (χ2v) is 8.46. The second kappa shape index (κ2) is 18.0. The number of esters is 2. The molecule has 0 spiro atoms. The molecule has 0 fully saturated rings. The smallest absolute Gasteiger partial charge is 0.462 e. The lowest BCUT2D eigenvalue weighted by Crippen LogP contribution is -2.37. The van der Waals surface area contributed by atoms with Crippen LogP contribution in [-0.4, -0.2) is 56.2 Å². The third-order valence-electron chi connectivity index (χ3n) is 4.93. The third-order valence-corrected chi connectivity index (χ3v) is 4.93. The van der Waals surface area contributed by atoms with E-state index in [1.165, 1.54) is 19.1 Å². The summed E-state index contributed by atoms with van der Waals surface area (Å²) in [6.45, 7) is 7.17. The summed E-state index contributed by atoms with van der Waals surface area (Å²) in [5.74, 6) is -1.34. The summed E-state index contributed by atoms with van der Waals surface area (Å²) in [5.41, 5.74) is 6.49. The molecule has 2 N–H and O–H groups in total. The van der Waals surface area contributed by atoms with Crippen LogP contribution < -0.4 is 15.2 Å². The Kier molecular flexibility index (Phi) is 15.4. The average Bonchev–Trinajstić information content (AvgIpc) is 2.84. The van der Waals surface area contributed by atoms with Crippen molar-refractivity contribution >= 4 is 24.2 Å². The van der Waals surface area contributed by atoms with Gasteiger partial charge in [0.1, 0.15) is 18.8 Å². The van der Waals surface area contributed by atoms with Crippen molar-refractivity contribution in [2.45, 2.75) is 84.8 Å². The van der Waals surface area contributed by atoms with Crippen LogP contribution in [0.1, 0.15) is 71.8 Å². The molecule has 37 heavy (non-hydrogen) atoms. The van der Waals surface area contributed by atoms with E-state index in [1.807, 2.05) is 13.8 Å². The Morgan fingerprint density at radius 3 is 1.95 bits per heavy atom. The molecule has 0 aliphatic rings. The van der Waals surface area contributed by atoms with Gasteiger partial charge in [-0.1, -0.05) is 45.6 Å². The Labute approximate surface area is 217 Å². The fourth-order valence-corrected chi connectivity index (χ4v) is 2.99. The van der Waals surface area contributed by atoms with Gasteiger partial charge >= 0.3 is 24.2 Å². The standard InChI is InChI=1S/C26H39NO10/c1-5-7-9-13-32-25(30)36-22-12-11-20(16-23(22)37-26(31)33-14-10-8-6-2)15-21(27)24(29)35-18(3)17-34-19(4)28/h11-12,16,18,21H,5-10,13-15,17,27H2,1-4H3/t18-,21-/m0/s1. The quantitative estimate of drug-likeness (QED) is 0.141. The van der Waals surface area contributed by atoms with Crippen molar-refractivity contribution in [1.82, 2.24) is 0 Å². The van der Waals surface area contributed by atoms with Gasteiger partial charge in [-0.05, 0) is 43.9 Å². The van der Waals surface area contributed by atoms with Gasteiger partial charge in [0.25, 0.3) is 0 Å². The fourth-order valence-electron chi connectivity index (χ4n) is 2.99. The van der Waals surface area contributed by atoms with Gasteiger partial charge < -0.3 is 34.2 Å². The van der Waals surface area contributed by atoms with Crippen LogP contribution in [0.25, 0.3) is 0 Å². The van der Waals surface area contributed by atoms with E-state index in [0.717, 1.165) is 25.7 Å². The first-order valence-electron chi connectivity index (χ1n) is 12.6. The highest BCUT2D eigenvalue weighted by molar-refractivity contribution is 5.76. The summed E-state index contributed by atoms with van der Waals surface area (Å²) in [5, 5.41) is 0. The van der Waals surface area contributed by atoms with E-state index in [-0.39, 0.29) is 37.7 Å². The van der Waals surface area contributed by atoms with Gasteiger partial charge in [0.05, 0.1) is 13.2 Å². The van der Waals surface area contributed by atoms with Gasteiger partial charge in [-0.2, -0.15) is 0 Å². The third kappa shape index (κ3) is 14.1. The number of unbranched alkanes of at least 4 members (excludes halogenated alkanes) is 4. The number of carbonyl (C=O) groups is 4. The first-order chi connectivity index (χ1) is 17.7. The molecule has 1 aromatic carbocycles. The van der Waals surface area contributed by atoms with Crippen molar-refractivity contribution in [3.05, 3.63) is 23.8 Å². The molecule has 0 aliphatic heterocycles. The minimum atomic E-state index is -1.05. The molecule has 0 bridgehead atoms. The molecule has 1 rings (SSSR count). The van der Waals surface area contributed by atoms with Crippen molar-refractivity contribution in [2.24, 2.45) is 5.73 Å². The lowest BCUT2D eigenvalue weighted by molar-refractivity contribution is -0.157. The summed E-state index contributed by atoms with van der Waals surface area (Å²) >= 11 is 0. The van der Waals surface area contributed by atoms with Crippen LogP contribution >= 0.6 is 0 Å². The Hall–Kier alpha value is -3.34. The van der Waals surface area contributed by atoms with E-state index in [1.54, 1.807) is 13.0 Å². The molecule has 0 radical (unpaired) electrons. The van der Waals surface area contributed by atoms with Gasteiger partial charge in [-0.15, -0.1) is 0 Å². The predicted octanol–water partition coefficient (Wildman–Crippen LogP) is 4.46. The van der Waals surface area contributed by atoms with E-state index in [4.69, 9.17) is 34.2 Å². The summed E-state index contributed by atoms with van der Waals surface area (Å²) in [4.78, 5) is 47.5. The normalized spacial score (nSPS) is 12.1. The van der Waals surface area contributed by atoms with Crippen LogP contribution in [-0.2, 0) is 35.0 Å². The number of rotatable bonds is 16. The molecule has 0 unspecified atom stereocenters. The SMILES string of the molecule is CCCCCOC(=O)Oc1ccc(C[C@H](N)C(=O)O[C@@H](C)COC(C)=O)cc1OC(=O)OCCCCC. The molecular formula is C26H39NO10. The largest absolute Gasteiger partial charge is 0.513 e. The van der Waals surface area contributed by atoms with E-state index in [9.17, 15) is 19.2 Å². The van der Waals surface area contributed by atoms with E-state index < -0.39 is 36.4 Å². The van der Waals surface area contributed by atoms with Crippen molar-refractivity contribution in [3.8, 4) is 11.5 Å². The van der Waals surface area contributed by atoms with Crippen LogP contribution in [0.3, 0.4) is 0 Å². The highest BCUT2D eigenvalue weighted by atomic mass is 16.7. The molecular weight excluding hydrogens is 486 g/mol. The van der Waals surface area contributed by atoms with Crippen molar-refractivity contribution in [1.29, 1.82) is 0 Å². The van der Waals surface area contributed by atoms with Crippen molar-refractivity contribution in [3.63, 3.8) is 0 Å². The monoisotopic (exact) mass is 525 g/mol. The lowest BCUT2D eigenvalue weighted by Gasteiger charge is -2.17. The van der Waals surface area contributed by atoms with Gasteiger partial charge in [0.2, 0.25) is 0 Å². The van der Waals surface area contributed by atoms with Crippen LogP contribution in [0.2, 0.25) is 0 Å². The van der Waals surface area contributed by atoms with Gasteiger partial charge in [-0.3, -0.25) is 9.59 Å². The molecule has 0 amide bonds. The summed E-state index contributed by atoms with van der Waals surface area (Å²) in [6, 6.07) is 3.34. The fraction of sp³-hybridized carbons (Fsp3) is 0.615. The minimum Gasteiger partial charge on any atom is -0.462 e.